The highest BCUT2D eigenvalue weighted by atomic mass is 35.5. The van der Waals surface area contributed by atoms with Crippen LogP contribution >= 0.6 is 11.6 Å². The van der Waals surface area contributed by atoms with E-state index in [1.807, 2.05) is 0 Å². The van der Waals surface area contributed by atoms with Gasteiger partial charge in [0.1, 0.15) is 11.6 Å². The number of hydrogen-bond acceptors (Lipinski definition) is 3. The number of aryl methyl sites for hydroxylation is 1. The molecule has 3 rings (SSSR count). The van der Waals surface area contributed by atoms with Crippen LogP contribution in [0.4, 0.5) is 10.2 Å². The third kappa shape index (κ3) is 1.58. The Bertz CT molecular complexity index is 889. The Morgan fingerprint density at radius 1 is 1.37 bits per heavy atom. The summed E-state index contributed by atoms with van der Waals surface area (Å²) in [4.78, 5) is 16.2. The molecule has 0 fully saturated rings. The highest BCUT2D eigenvalue weighted by Gasteiger charge is 2.13. The molecule has 2 N–H and O–H groups in total. The summed E-state index contributed by atoms with van der Waals surface area (Å²) >= 11 is 5.77. The van der Waals surface area contributed by atoms with Crippen molar-refractivity contribution in [3.05, 3.63) is 45.6 Å². The van der Waals surface area contributed by atoms with Gasteiger partial charge in [0.2, 0.25) is 0 Å². The fourth-order valence-corrected chi connectivity index (χ4v) is 2.39. The standard InChI is InChI=1S/C13H9ClFN3O/c1-18-10-5-8(14)9(15)4-7(10)6-2-3-17-12(16)11(6)13(18)19/h2-5H,1H3,(H2,16,17). The number of hydrogen-bond donors (Lipinski definition) is 1. The Hall–Kier alpha value is -2.14. The first-order valence-electron chi connectivity index (χ1n) is 5.52. The molecule has 3 aromatic rings. The third-order valence-electron chi connectivity index (χ3n) is 3.19. The molecule has 0 bridgehead atoms. The van der Waals surface area contributed by atoms with Gasteiger partial charge in [-0.2, -0.15) is 0 Å². The number of nitrogen functional groups attached to an aromatic ring is 1. The van der Waals surface area contributed by atoms with Crippen LogP contribution in [0.2, 0.25) is 5.02 Å². The second-order valence-electron chi connectivity index (χ2n) is 4.27. The van der Waals surface area contributed by atoms with E-state index in [4.69, 9.17) is 17.3 Å². The van der Waals surface area contributed by atoms with Gasteiger partial charge in [0, 0.05) is 24.0 Å². The van der Waals surface area contributed by atoms with E-state index in [2.05, 4.69) is 4.98 Å². The molecule has 6 heteroatoms. The lowest BCUT2D eigenvalue weighted by molar-refractivity contribution is 0.630. The lowest BCUT2D eigenvalue weighted by Gasteiger charge is -2.10. The van der Waals surface area contributed by atoms with Crippen LogP contribution in [0.1, 0.15) is 0 Å². The molecule has 2 heterocycles. The van der Waals surface area contributed by atoms with E-state index in [0.717, 1.165) is 0 Å². The summed E-state index contributed by atoms with van der Waals surface area (Å²) in [6.07, 6.45) is 1.49. The Kier molecular flexibility index (Phi) is 2.46. The number of pyridine rings is 2. The minimum atomic E-state index is -0.538. The fourth-order valence-electron chi connectivity index (χ4n) is 2.23. The van der Waals surface area contributed by atoms with E-state index in [1.165, 1.54) is 22.9 Å². The van der Waals surface area contributed by atoms with Crippen molar-refractivity contribution in [1.82, 2.24) is 9.55 Å². The van der Waals surface area contributed by atoms with Gasteiger partial charge >= 0.3 is 0 Å². The zero-order valence-corrected chi connectivity index (χ0v) is 10.7. The number of nitrogens with two attached hydrogens (primary N) is 1. The Morgan fingerprint density at radius 3 is 2.84 bits per heavy atom. The molecule has 0 saturated carbocycles. The molecule has 0 radical (unpaired) electrons. The minimum Gasteiger partial charge on any atom is -0.383 e. The zero-order valence-electron chi connectivity index (χ0n) is 9.95. The zero-order chi connectivity index (χ0) is 13.7. The van der Waals surface area contributed by atoms with Crippen molar-refractivity contribution >= 4 is 39.1 Å². The average molecular weight is 278 g/mol. The molecule has 4 nitrogen and oxygen atoms in total. The average Bonchev–Trinajstić information content (AvgIpc) is 2.38. The predicted octanol–water partition coefficient (Wildman–Crippen LogP) is 2.46. The normalized spacial score (nSPS) is 11.3. The summed E-state index contributed by atoms with van der Waals surface area (Å²) in [5, 5.41) is 1.41. The van der Waals surface area contributed by atoms with Gasteiger partial charge < -0.3 is 10.3 Å². The fraction of sp³-hybridized carbons (Fsp3) is 0.0769. The second-order valence-corrected chi connectivity index (χ2v) is 4.67. The molecule has 2 aromatic heterocycles. The molecular formula is C13H9ClFN3O. The van der Waals surface area contributed by atoms with Gasteiger partial charge in [-0.05, 0) is 18.2 Å². The Morgan fingerprint density at radius 2 is 2.11 bits per heavy atom. The lowest BCUT2D eigenvalue weighted by Crippen LogP contribution is -2.19. The Labute approximate surface area is 112 Å². The number of benzene rings is 1. The largest absolute Gasteiger partial charge is 0.383 e. The number of aromatic nitrogens is 2. The maximum atomic E-state index is 13.6. The smallest absolute Gasteiger partial charge is 0.262 e. The minimum absolute atomic E-state index is 0.0242. The summed E-state index contributed by atoms with van der Waals surface area (Å²) in [6, 6.07) is 4.38. The molecule has 0 spiro atoms. The summed E-state index contributed by atoms with van der Waals surface area (Å²) in [7, 11) is 1.59. The molecule has 0 amide bonds. The molecule has 19 heavy (non-hydrogen) atoms. The summed E-state index contributed by atoms with van der Waals surface area (Å²) in [5.41, 5.74) is 6.01. The van der Waals surface area contributed by atoms with Gasteiger partial charge in [0.05, 0.1) is 15.9 Å². The van der Waals surface area contributed by atoms with E-state index in [-0.39, 0.29) is 16.4 Å². The van der Waals surface area contributed by atoms with Crippen LogP contribution in [0, 0.1) is 5.82 Å². The molecule has 0 aliphatic rings. The highest BCUT2D eigenvalue weighted by Crippen LogP contribution is 2.28. The quantitative estimate of drug-likeness (QED) is 0.642. The van der Waals surface area contributed by atoms with Crippen LogP contribution in [-0.2, 0) is 7.05 Å². The SMILES string of the molecule is Cn1c(=O)c2c(N)nccc2c2cc(F)c(Cl)cc21. The van der Waals surface area contributed by atoms with Crippen LogP contribution in [0.25, 0.3) is 21.7 Å². The number of nitrogens with zero attached hydrogens (tertiary/aromatic N) is 2. The summed E-state index contributed by atoms with van der Waals surface area (Å²) in [6.45, 7) is 0. The summed E-state index contributed by atoms with van der Waals surface area (Å²) < 4.78 is 15.0. The van der Waals surface area contributed by atoms with Gasteiger partial charge in [-0.1, -0.05) is 11.6 Å². The Balaban J connectivity index is 2.72. The van der Waals surface area contributed by atoms with E-state index in [9.17, 15) is 9.18 Å². The maximum Gasteiger partial charge on any atom is 0.262 e. The van der Waals surface area contributed by atoms with Crippen molar-refractivity contribution < 1.29 is 4.39 Å². The van der Waals surface area contributed by atoms with Gasteiger partial charge in [-0.15, -0.1) is 0 Å². The summed E-state index contributed by atoms with van der Waals surface area (Å²) in [5.74, 6) is -0.403. The molecule has 0 aliphatic heterocycles. The first-order chi connectivity index (χ1) is 9.00. The number of fused-ring (bicyclic) bond motifs is 3. The molecule has 0 aliphatic carbocycles. The van der Waals surface area contributed by atoms with Gasteiger partial charge in [-0.25, -0.2) is 9.37 Å². The van der Waals surface area contributed by atoms with Crippen molar-refractivity contribution in [1.29, 1.82) is 0 Å². The van der Waals surface area contributed by atoms with Crippen molar-refractivity contribution in [3.63, 3.8) is 0 Å². The molecule has 0 unspecified atom stereocenters. The van der Waals surface area contributed by atoms with E-state index < -0.39 is 5.82 Å². The number of rotatable bonds is 0. The lowest BCUT2D eigenvalue weighted by atomic mass is 10.1. The molecular weight excluding hydrogens is 269 g/mol. The van der Waals surface area contributed by atoms with Gasteiger partial charge in [-0.3, -0.25) is 4.79 Å². The van der Waals surface area contributed by atoms with Crippen LogP contribution in [0.3, 0.4) is 0 Å². The van der Waals surface area contributed by atoms with Gasteiger partial charge in [0.15, 0.2) is 0 Å². The topological polar surface area (TPSA) is 60.9 Å². The van der Waals surface area contributed by atoms with Gasteiger partial charge in [0.25, 0.3) is 5.56 Å². The number of halogens is 2. The highest BCUT2D eigenvalue weighted by molar-refractivity contribution is 6.31. The van der Waals surface area contributed by atoms with Crippen molar-refractivity contribution in [2.45, 2.75) is 0 Å². The van der Waals surface area contributed by atoms with Crippen LogP contribution in [0.15, 0.2) is 29.2 Å². The van der Waals surface area contributed by atoms with Crippen molar-refractivity contribution in [2.24, 2.45) is 7.05 Å². The molecule has 0 saturated heterocycles. The molecule has 0 atom stereocenters. The van der Waals surface area contributed by atoms with Crippen LogP contribution in [-0.4, -0.2) is 9.55 Å². The second kappa shape index (κ2) is 3.93. The molecule has 1 aromatic carbocycles. The predicted molar refractivity (Wildman–Crippen MR) is 73.9 cm³/mol. The van der Waals surface area contributed by atoms with Crippen LogP contribution in [0.5, 0.6) is 0 Å². The van der Waals surface area contributed by atoms with Crippen molar-refractivity contribution in [2.75, 3.05) is 5.73 Å². The number of anilines is 1. The maximum absolute atomic E-state index is 13.6. The monoisotopic (exact) mass is 277 g/mol. The third-order valence-corrected chi connectivity index (χ3v) is 3.48. The first-order valence-corrected chi connectivity index (χ1v) is 5.90. The van der Waals surface area contributed by atoms with E-state index in [1.54, 1.807) is 13.1 Å². The van der Waals surface area contributed by atoms with E-state index in [0.29, 0.717) is 21.7 Å². The first kappa shape index (κ1) is 11.9. The molecule has 96 valence electrons. The van der Waals surface area contributed by atoms with E-state index >= 15 is 0 Å². The van der Waals surface area contributed by atoms with Crippen LogP contribution < -0.4 is 11.3 Å². The van der Waals surface area contributed by atoms with Crippen molar-refractivity contribution in [3.8, 4) is 0 Å².